The third-order valence-corrected chi connectivity index (χ3v) is 8.72. The van der Waals surface area contributed by atoms with Gasteiger partial charge in [-0.3, -0.25) is 9.78 Å². The lowest BCUT2D eigenvalue weighted by atomic mass is 10.0. The lowest BCUT2D eigenvalue weighted by molar-refractivity contribution is 0.265. The number of ether oxygens (including phenoxy) is 2. The molecule has 5 nitrogen and oxygen atoms in total. The molecule has 202 valence electrons. The van der Waals surface area contributed by atoms with Crippen molar-refractivity contribution in [1.82, 2.24) is 4.98 Å². The van der Waals surface area contributed by atoms with Crippen LogP contribution in [-0.2, 0) is 19.3 Å². The van der Waals surface area contributed by atoms with Gasteiger partial charge in [-0.15, -0.1) is 11.3 Å². The van der Waals surface area contributed by atoms with E-state index >= 15 is 0 Å². The number of nitrogens with one attached hydrogen (secondary N) is 1. The smallest absolute Gasteiger partial charge is 0.307 e. The zero-order chi connectivity index (χ0) is 27.0. The van der Waals surface area contributed by atoms with Crippen LogP contribution in [0.15, 0.2) is 76.9 Å². The quantitative estimate of drug-likeness (QED) is 0.143. The van der Waals surface area contributed by atoms with Gasteiger partial charge in [0.1, 0.15) is 11.5 Å². The number of fused-ring (bicyclic) bond motifs is 1. The van der Waals surface area contributed by atoms with Gasteiger partial charge in [-0.2, -0.15) is 0 Å². The van der Waals surface area contributed by atoms with Crippen molar-refractivity contribution in [3.8, 4) is 27.8 Å². The Morgan fingerprint density at radius 3 is 2.49 bits per heavy atom. The fraction of sp³-hybridized carbons (Fsp3) is 0.281. The third-order valence-electron chi connectivity index (χ3n) is 6.70. The number of thiophene rings is 1. The van der Waals surface area contributed by atoms with Gasteiger partial charge in [0.25, 0.3) is 0 Å². The van der Waals surface area contributed by atoms with Crippen LogP contribution in [0, 0.1) is 0 Å². The molecule has 0 aliphatic rings. The maximum Gasteiger partial charge on any atom is 0.307 e. The molecule has 0 radical (unpaired) electrons. The lowest BCUT2D eigenvalue weighted by Crippen LogP contribution is -2.04. The molecule has 7 heteroatoms. The van der Waals surface area contributed by atoms with Crippen LogP contribution in [0.1, 0.15) is 42.9 Å². The van der Waals surface area contributed by atoms with Gasteiger partial charge < -0.3 is 14.6 Å². The number of benzene rings is 3. The second-order valence-electron chi connectivity index (χ2n) is 9.54. The Morgan fingerprint density at radius 1 is 0.897 bits per heavy atom. The van der Waals surface area contributed by atoms with Crippen molar-refractivity contribution < 1.29 is 14.6 Å². The zero-order valence-electron chi connectivity index (χ0n) is 22.1. The highest BCUT2D eigenvalue weighted by Gasteiger charge is 2.14. The number of thiazole rings is 1. The molecular weight excluding hydrogens is 526 g/mol. The lowest BCUT2D eigenvalue weighted by Gasteiger charge is -2.13. The molecule has 0 atom stereocenters. The molecule has 5 aromatic rings. The van der Waals surface area contributed by atoms with Crippen molar-refractivity contribution in [3.05, 3.63) is 98.5 Å². The summed E-state index contributed by atoms with van der Waals surface area (Å²) < 4.78 is 13.6. The SMILES string of the molecule is CCCc1c(OCCCCOc2cccc(-c3sc(=O)[nH]c3O)c2)ccc2c(CCc3ccccc3)csc12. The van der Waals surface area contributed by atoms with Crippen molar-refractivity contribution in [2.45, 2.75) is 45.4 Å². The second kappa shape index (κ2) is 13.0. The van der Waals surface area contributed by atoms with Crippen LogP contribution >= 0.6 is 22.7 Å². The maximum absolute atomic E-state index is 11.5. The van der Waals surface area contributed by atoms with Crippen LogP contribution in [0.4, 0.5) is 0 Å². The molecule has 0 bridgehead atoms. The first-order valence-electron chi connectivity index (χ1n) is 13.5. The Bertz CT molecular complexity index is 1570. The number of H-pyrrole nitrogens is 1. The van der Waals surface area contributed by atoms with E-state index in [0.717, 1.165) is 61.2 Å². The summed E-state index contributed by atoms with van der Waals surface area (Å²) in [5, 5.41) is 13.6. The van der Waals surface area contributed by atoms with Gasteiger partial charge >= 0.3 is 4.87 Å². The van der Waals surface area contributed by atoms with E-state index in [4.69, 9.17) is 9.47 Å². The van der Waals surface area contributed by atoms with Crippen LogP contribution in [0.2, 0.25) is 0 Å². The average molecular weight is 560 g/mol. The second-order valence-corrected chi connectivity index (χ2v) is 11.4. The molecule has 0 spiro atoms. The van der Waals surface area contributed by atoms with Crippen molar-refractivity contribution in [2.75, 3.05) is 13.2 Å². The Hall–Kier alpha value is -3.55. The fourth-order valence-corrected chi connectivity index (χ4v) is 6.65. The Kier molecular flexibility index (Phi) is 9.01. The van der Waals surface area contributed by atoms with E-state index in [1.807, 2.05) is 35.6 Å². The Balaban J connectivity index is 1.14. The summed E-state index contributed by atoms with van der Waals surface area (Å²) in [4.78, 5) is 14.1. The molecule has 0 aliphatic carbocycles. The first-order chi connectivity index (χ1) is 19.1. The summed E-state index contributed by atoms with van der Waals surface area (Å²) >= 11 is 2.83. The molecule has 2 aromatic heterocycles. The standard InChI is InChI=1S/C32H33NO4S2/c1-2-9-27-28(17-16-26-24(21-38-30(26)27)15-14-22-10-4-3-5-11-22)37-19-7-6-18-36-25-13-8-12-23(20-25)29-31(34)33-32(35)39-29/h3-5,8,10-13,16-17,20-21,34H,2,6-7,9,14-15,18-19H2,1H3,(H,33,35). The number of aromatic hydroxyl groups is 1. The normalized spacial score (nSPS) is 11.2. The molecule has 2 heterocycles. The minimum Gasteiger partial charge on any atom is -0.494 e. The van der Waals surface area contributed by atoms with Crippen molar-refractivity contribution in [1.29, 1.82) is 0 Å². The average Bonchev–Trinajstić information content (AvgIpc) is 3.53. The van der Waals surface area contributed by atoms with Crippen LogP contribution in [0.3, 0.4) is 0 Å². The van der Waals surface area contributed by atoms with Crippen molar-refractivity contribution in [3.63, 3.8) is 0 Å². The molecule has 0 saturated carbocycles. The van der Waals surface area contributed by atoms with E-state index in [-0.39, 0.29) is 10.8 Å². The number of unbranched alkanes of at least 4 members (excludes halogenated alkanes) is 1. The van der Waals surface area contributed by atoms with E-state index < -0.39 is 0 Å². The summed E-state index contributed by atoms with van der Waals surface area (Å²) in [5.74, 6) is 1.61. The monoisotopic (exact) mass is 559 g/mol. The Morgan fingerprint density at radius 2 is 1.72 bits per heavy atom. The number of aromatic nitrogens is 1. The molecule has 0 fully saturated rings. The predicted octanol–water partition coefficient (Wildman–Crippen LogP) is 8.00. The summed E-state index contributed by atoms with van der Waals surface area (Å²) in [7, 11) is 0. The summed E-state index contributed by atoms with van der Waals surface area (Å²) in [6.45, 7) is 3.43. The van der Waals surface area contributed by atoms with E-state index in [0.29, 0.717) is 23.8 Å². The van der Waals surface area contributed by atoms with Crippen LogP contribution in [0.5, 0.6) is 17.4 Å². The molecule has 0 aliphatic heterocycles. The fourth-order valence-electron chi connectivity index (χ4n) is 4.75. The molecule has 5 rings (SSSR count). The van der Waals surface area contributed by atoms with Gasteiger partial charge in [0.05, 0.1) is 18.1 Å². The first-order valence-corrected chi connectivity index (χ1v) is 15.2. The summed E-state index contributed by atoms with van der Waals surface area (Å²) in [5.41, 5.74) is 4.88. The largest absolute Gasteiger partial charge is 0.494 e. The van der Waals surface area contributed by atoms with Crippen LogP contribution < -0.4 is 14.3 Å². The van der Waals surface area contributed by atoms with Crippen LogP contribution in [-0.4, -0.2) is 23.3 Å². The minimum atomic E-state index is -0.280. The van der Waals surface area contributed by atoms with E-state index in [2.05, 4.69) is 59.8 Å². The molecule has 3 aromatic carbocycles. The maximum atomic E-state index is 11.5. The predicted molar refractivity (Wildman–Crippen MR) is 162 cm³/mol. The molecule has 0 amide bonds. The van der Waals surface area contributed by atoms with Gasteiger partial charge in [0.2, 0.25) is 5.88 Å². The number of rotatable bonds is 13. The number of aryl methyl sites for hydroxylation is 3. The topological polar surface area (TPSA) is 71.5 Å². The number of hydrogen-bond acceptors (Lipinski definition) is 6. The number of hydrogen-bond donors (Lipinski definition) is 2. The van der Waals surface area contributed by atoms with E-state index in [9.17, 15) is 9.90 Å². The van der Waals surface area contributed by atoms with E-state index in [1.165, 1.54) is 26.8 Å². The van der Waals surface area contributed by atoms with Crippen LogP contribution in [0.25, 0.3) is 20.5 Å². The van der Waals surface area contributed by atoms with Crippen molar-refractivity contribution in [2.24, 2.45) is 0 Å². The van der Waals surface area contributed by atoms with Gasteiger partial charge in [0.15, 0.2) is 0 Å². The highest BCUT2D eigenvalue weighted by atomic mass is 32.1. The summed E-state index contributed by atoms with van der Waals surface area (Å²) in [6.07, 6.45) is 5.94. The first kappa shape index (κ1) is 27.0. The van der Waals surface area contributed by atoms with Crippen molar-refractivity contribution >= 4 is 32.8 Å². The van der Waals surface area contributed by atoms with Gasteiger partial charge in [-0.1, -0.05) is 67.1 Å². The third kappa shape index (κ3) is 6.72. The zero-order valence-corrected chi connectivity index (χ0v) is 23.7. The molecule has 0 unspecified atom stereocenters. The van der Waals surface area contributed by atoms with Gasteiger partial charge in [-0.25, -0.2) is 0 Å². The van der Waals surface area contributed by atoms with Gasteiger partial charge in [-0.05, 0) is 78.3 Å². The van der Waals surface area contributed by atoms with E-state index in [1.54, 1.807) is 0 Å². The molecule has 0 saturated heterocycles. The molecule has 39 heavy (non-hydrogen) atoms. The molecular formula is C32H33NO4S2. The van der Waals surface area contributed by atoms with Gasteiger partial charge in [0, 0.05) is 15.8 Å². The highest BCUT2D eigenvalue weighted by molar-refractivity contribution is 7.17. The Labute approximate surface area is 236 Å². The number of aromatic amines is 1. The highest BCUT2D eigenvalue weighted by Crippen LogP contribution is 2.36. The minimum absolute atomic E-state index is 0.106. The summed E-state index contributed by atoms with van der Waals surface area (Å²) in [6, 6.07) is 22.5. The molecule has 2 N–H and O–H groups in total.